The van der Waals surface area contributed by atoms with E-state index < -0.39 is 35.5 Å². The number of aromatic nitrogens is 1. The molecule has 4 fully saturated rings. The molecule has 5 heterocycles. The van der Waals surface area contributed by atoms with Gasteiger partial charge >= 0.3 is 0 Å². The van der Waals surface area contributed by atoms with Gasteiger partial charge in [-0.2, -0.15) is 0 Å². The number of carbonyl (C=O) groups excluding carboxylic acids is 3. The van der Waals surface area contributed by atoms with E-state index >= 15 is 0 Å². The van der Waals surface area contributed by atoms with Gasteiger partial charge in [-0.15, -0.1) is 0 Å². The number of likely N-dealkylation sites (N-methyl/N-ethyl adjacent to an activating group) is 1. The number of hydrogen-bond acceptors (Lipinski definition) is 6. The highest BCUT2D eigenvalue weighted by Gasteiger charge is 2.72. The third-order valence-corrected chi connectivity index (χ3v) is 10.7. The Morgan fingerprint density at radius 3 is 2.76 bits per heavy atom. The zero-order valence-electron chi connectivity index (χ0n) is 25.2. The van der Waals surface area contributed by atoms with E-state index in [1.807, 2.05) is 27.7 Å². The number of fused-ring (bicyclic) bond motifs is 5. The predicted octanol–water partition coefficient (Wildman–Crippen LogP) is 2.52. The normalized spacial score (nSPS) is 36.1. The summed E-state index contributed by atoms with van der Waals surface area (Å²) in [4.78, 5) is 50.8. The molecule has 7 atom stereocenters. The van der Waals surface area contributed by atoms with Crippen molar-refractivity contribution in [3.63, 3.8) is 0 Å². The molecule has 226 valence electrons. The predicted molar refractivity (Wildman–Crippen MR) is 156 cm³/mol. The van der Waals surface area contributed by atoms with Crippen LogP contribution in [0.25, 0.3) is 10.9 Å². The maximum Gasteiger partial charge on any atom is 0.281 e. The molecule has 1 aliphatic carbocycles. The van der Waals surface area contributed by atoms with Crippen LogP contribution < -0.4 is 5.32 Å². The van der Waals surface area contributed by atoms with E-state index in [1.54, 1.807) is 4.90 Å². The van der Waals surface area contributed by atoms with Crippen molar-refractivity contribution in [2.45, 2.75) is 95.5 Å². The fourth-order valence-corrected chi connectivity index (χ4v) is 8.63. The first-order valence-electron chi connectivity index (χ1n) is 15.6. The van der Waals surface area contributed by atoms with Crippen molar-refractivity contribution in [2.75, 3.05) is 20.1 Å². The first-order valence-corrected chi connectivity index (χ1v) is 15.6. The Labute approximate surface area is 246 Å². The minimum atomic E-state index is -1.99. The van der Waals surface area contributed by atoms with Crippen LogP contribution in [0.3, 0.4) is 0 Å². The summed E-state index contributed by atoms with van der Waals surface area (Å²) in [5.74, 6) is -3.48. The summed E-state index contributed by atoms with van der Waals surface area (Å²) in [6, 6.07) is 5.13. The Hall–Kier alpha value is -2.95. The van der Waals surface area contributed by atoms with Crippen LogP contribution in [0, 0.1) is 17.8 Å². The van der Waals surface area contributed by atoms with Crippen molar-refractivity contribution in [2.24, 2.45) is 17.8 Å². The minimum Gasteiger partial charge on any atom is -0.361 e. The first kappa shape index (κ1) is 27.9. The van der Waals surface area contributed by atoms with Crippen LogP contribution in [0.15, 0.2) is 24.4 Å². The monoisotopic (exact) mass is 577 g/mol. The van der Waals surface area contributed by atoms with E-state index in [0.717, 1.165) is 18.4 Å². The minimum absolute atomic E-state index is 0.116. The van der Waals surface area contributed by atoms with Crippen LogP contribution in [0.2, 0.25) is 0 Å². The molecule has 3 N–H and O–H groups in total. The van der Waals surface area contributed by atoms with Crippen molar-refractivity contribution in [3.8, 4) is 0 Å². The number of hydrogen-bond donors (Lipinski definition) is 3. The number of H-pyrrole nitrogens is 1. The Morgan fingerprint density at radius 2 is 2.02 bits per heavy atom. The number of amides is 3. The lowest BCUT2D eigenvalue weighted by Gasteiger charge is -2.49. The fourth-order valence-electron chi connectivity index (χ4n) is 8.63. The van der Waals surface area contributed by atoms with Crippen molar-refractivity contribution in [1.82, 2.24) is 25.0 Å². The maximum absolute atomic E-state index is 14.4. The van der Waals surface area contributed by atoms with Gasteiger partial charge in [0.25, 0.3) is 11.8 Å². The van der Waals surface area contributed by atoms with Crippen LogP contribution in [-0.4, -0.2) is 92.4 Å². The van der Waals surface area contributed by atoms with E-state index in [4.69, 9.17) is 4.74 Å². The molecule has 0 saturated carbocycles. The van der Waals surface area contributed by atoms with E-state index in [2.05, 4.69) is 46.6 Å². The zero-order valence-corrected chi connectivity index (χ0v) is 25.2. The smallest absolute Gasteiger partial charge is 0.281 e. The number of likely N-dealkylation sites (tertiary alicyclic amines) is 1. The van der Waals surface area contributed by atoms with E-state index in [1.165, 1.54) is 21.4 Å². The molecular formula is C32H43N5O5. The third-order valence-electron chi connectivity index (χ3n) is 10.7. The maximum atomic E-state index is 14.4. The number of piperazine rings is 1. The van der Waals surface area contributed by atoms with Gasteiger partial charge in [0, 0.05) is 48.1 Å². The summed E-state index contributed by atoms with van der Waals surface area (Å²) in [6.07, 6.45) is 5.36. The second-order valence-electron chi connectivity index (χ2n) is 14.0. The standard InChI is InChI=1S/C32H43N5O5/c1-17(2)12-25-29(39)36-11-7-10-26(36)32(41)37(25)30(40)31(42-32,18(3)4)34-28(38)20-13-22-21-8-6-9-23-27(21)19(15-33-23)14-24(22)35(5)16-20/h6,8-9,15,17-18,20,22,24-26,33,41H,7,10-14,16H2,1-5H3,(H,34,38)/t20-,22-,24+,25-,26-,31-,32+/m1/s1. The van der Waals surface area contributed by atoms with Crippen molar-refractivity contribution >= 4 is 28.6 Å². The molecule has 4 aliphatic heterocycles. The molecule has 1 aromatic heterocycles. The number of benzene rings is 1. The van der Waals surface area contributed by atoms with Gasteiger partial charge in [0.15, 0.2) is 0 Å². The van der Waals surface area contributed by atoms with Gasteiger partial charge in [0.1, 0.15) is 12.1 Å². The molecule has 0 spiro atoms. The molecule has 0 bridgehead atoms. The summed E-state index contributed by atoms with van der Waals surface area (Å²) >= 11 is 0. The summed E-state index contributed by atoms with van der Waals surface area (Å²) in [5, 5.41) is 16.4. The molecule has 1 aromatic carbocycles. The third kappa shape index (κ3) is 3.77. The van der Waals surface area contributed by atoms with E-state index in [-0.39, 0.29) is 35.6 Å². The van der Waals surface area contributed by atoms with E-state index in [0.29, 0.717) is 32.4 Å². The number of nitrogens with one attached hydrogen (secondary N) is 2. The molecule has 3 amide bonds. The SMILES string of the molecule is CC(C)C[C@@H]1C(=O)N2CCC[C@@H]2[C@]2(O)O[C@](NC(=O)[C@@H]3C[C@@H]4c5cccc6[nH]cc(c56)C[C@@H]4N(C)C3)(C(C)C)C(=O)N12. The van der Waals surface area contributed by atoms with Crippen LogP contribution in [0.5, 0.6) is 0 Å². The largest absolute Gasteiger partial charge is 0.361 e. The number of aromatic amines is 1. The topological polar surface area (TPSA) is 118 Å². The molecule has 0 unspecified atom stereocenters. The van der Waals surface area contributed by atoms with Gasteiger partial charge in [-0.1, -0.05) is 39.8 Å². The van der Waals surface area contributed by atoms with Gasteiger partial charge in [-0.05, 0) is 62.3 Å². The summed E-state index contributed by atoms with van der Waals surface area (Å²) in [5.41, 5.74) is 1.93. The number of rotatable bonds is 5. The van der Waals surface area contributed by atoms with Crippen LogP contribution in [0.1, 0.15) is 70.4 Å². The Balaban J connectivity index is 1.20. The lowest BCUT2D eigenvalue weighted by Crippen LogP contribution is -2.71. The van der Waals surface area contributed by atoms with Crippen LogP contribution >= 0.6 is 0 Å². The zero-order chi connectivity index (χ0) is 29.7. The summed E-state index contributed by atoms with van der Waals surface area (Å²) in [6.45, 7) is 8.73. The molecule has 0 radical (unpaired) electrons. The molecule has 10 heteroatoms. The van der Waals surface area contributed by atoms with Crippen molar-refractivity contribution in [1.29, 1.82) is 0 Å². The Morgan fingerprint density at radius 1 is 1.24 bits per heavy atom. The van der Waals surface area contributed by atoms with Gasteiger partial charge in [-0.25, -0.2) is 0 Å². The molecule has 5 aliphatic rings. The van der Waals surface area contributed by atoms with Gasteiger partial charge in [0.05, 0.1) is 5.92 Å². The average molecular weight is 578 g/mol. The second-order valence-corrected chi connectivity index (χ2v) is 14.0. The molecule has 2 aromatic rings. The van der Waals surface area contributed by atoms with Crippen LogP contribution in [-0.2, 0) is 25.5 Å². The van der Waals surface area contributed by atoms with Crippen LogP contribution in [0.4, 0.5) is 0 Å². The van der Waals surface area contributed by atoms with Gasteiger partial charge in [0.2, 0.25) is 17.5 Å². The number of aliphatic hydroxyl groups is 1. The average Bonchev–Trinajstić information content (AvgIpc) is 3.65. The molecule has 42 heavy (non-hydrogen) atoms. The van der Waals surface area contributed by atoms with Crippen molar-refractivity contribution < 1.29 is 24.2 Å². The quantitative estimate of drug-likeness (QED) is 0.503. The van der Waals surface area contributed by atoms with Gasteiger partial charge in [-0.3, -0.25) is 24.0 Å². The number of ether oxygens (including phenoxy) is 1. The Kier molecular flexibility index (Phi) is 6.32. The first-order chi connectivity index (χ1) is 20.0. The molecule has 7 rings (SSSR count). The lowest BCUT2D eigenvalue weighted by atomic mass is 9.72. The highest BCUT2D eigenvalue weighted by molar-refractivity contribution is 5.97. The second kappa shape index (κ2) is 9.53. The molecule has 10 nitrogen and oxygen atoms in total. The molecular weight excluding hydrogens is 534 g/mol. The summed E-state index contributed by atoms with van der Waals surface area (Å²) in [7, 11) is 2.07. The number of carbonyl (C=O) groups is 3. The highest BCUT2D eigenvalue weighted by Crippen LogP contribution is 2.49. The Bertz CT molecular complexity index is 1450. The molecule has 4 saturated heterocycles. The lowest BCUT2D eigenvalue weighted by molar-refractivity contribution is -0.322. The summed E-state index contributed by atoms with van der Waals surface area (Å²) < 4.78 is 6.45. The van der Waals surface area contributed by atoms with Crippen molar-refractivity contribution in [3.05, 3.63) is 35.5 Å². The highest BCUT2D eigenvalue weighted by atomic mass is 16.7. The number of piperidine rings is 1. The van der Waals surface area contributed by atoms with Gasteiger partial charge < -0.3 is 25.2 Å². The number of nitrogens with zero attached hydrogens (tertiary/aromatic N) is 3. The fraction of sp³-hybridized carbons (Fsp3) is 0.656. The van der Waals surface area contributed by atoms with E-state index in [9.17, 15) is 19.5 Å².